The number of halogens is 3. The summed E-state index contributed by atoms with van der Waals surface area (Å²) in [6.45, 7) is 4.07. The van der Waals surface area contributed by atoms with Gasteiger partial charge in [-0.15, -0.1) is 0 Å². The molecule has 3 atom stereocenters. The highest BCUT2D eigenvalue weighted by molar-refractivity contribution is 6.00. The van der Waals surface area contributed by atoms with Gasteiger partial charge in [-0.25, -0.2) is 13.2 Å². The van der Waals surface area contributed by atoms with Crippen LogP contribution in [0.25, 0.3) is 32.9 Å². The molecule has 10 nitrogen and oxygen atoms in total. The van der Waals surface area contributed by atoms with Crippen LogP contribution in [-0.2, 0) is 9.47 Å². The predicted molar refractivity (Wildman–Crippen MR) is 181 cm³/mol. The first-order valence-electron chi connectivity index (χ1n) is 17.5. The van der Waals surface area contributed by atoms with E-state index in [1.165, 1.54) is 44.3 Å². The average Bonchev–Trinajstić information content (AvgIpc) is 3.89. The maximum absolute atomic E-state index is 17.0. The molecule has 2 saturated carbocycles. The minimum Gasteiger partial charge on any atom is -0.468 e. The Balaban J connectivity index is 1.25. The van der Waals surface area contributed by atoms with E-state index in [1.807, 2.05) is 4.90 Å². The topological polar surface area (TPSA) is 102 Å². The van der Waals surface area contributed by atoms with E-state index in [-0.39, 0.29) is 64.7 Å². The van der Waals surface area contributed by atoms with E-state index in [1.54, 1.807) is 6.92 Å². The van der Waals surface area contributed by atoms with E-state index in [4.69, 9.17) is 23.9 Å². The lowest BCUT2D eigenvalue weighted by Crippen LogP contribution is -2.52. The van der Waals surface area contributed by atoms with E-state index >= 15 is 8.78 Å². The maximum Gasteiger partial charge on any atom is 0.319 e. The number of methoxy groups -OCH3 is 1. The molecule has 13 heteroatoms. The zero-order valence-corrected chi connectivity index (χ0v) is 28.4. The van der Waals surface area contributed by atoms with Gasteiger partial charge in [0.15, 0.2) is 24.2 Å². The second-order valence-electron chi connectivity index (χ2n) is 14.6. The van der Waals surface area contributed by atoms with Crippen molar-refractivity contribution in [3.63, 3.8) is 0 Å². The van der Waals surface area contributed by atoms with Crippen molar-refractivity contribution < 1.29 is 37.2 Å². The number of piperidine rings is 1. The smallest absolute Gasteiger partial charge is 0.319 e. The van der Waals surface area contributed by atoms with Gasteiger partial charge in [-0.3, -0.25) is 9.88 Å². The Kier molecular flexibility index (Phi) is 8.73. The molecular formula is C37H42F3N5O5. The van der Waals surface area contributed by atoms with E-state index < -0.39 is 23.1 Å². The van der Waals surface area contributed by atoms with Crippen LogP contribution in [-0.4, -0.2) is 96.0 Å². The third kappa shape index (κ3) is 6.12. The molecule has 2 aliphatic heterocycles. The van der Waals surface area contributed by atoms with Gasteiger partial charge in [-0.2, -0.15) is 9.97 Å². The second-order valence-corrected chi connectivity index (χ2v) is 14.6. The largest absolute Gasteiger partial charge is 0.468 e. The Morgan fingerprint density at radius 3 is 2.68 bits per heavy atom. The molecular weight excluding hydrogens is 651 g/mol. The van der Waals surface area contributed by atoms with Crippen molar-refractivity contribution in [2.24, 2.45) is 5.41 Å². The number of benzene rings is 2. The van der Waals surface area contributed by atoms with Gasteiger partial charge in [0.05, 0.1) is 31.8 Å². The number of nitrogens with zero attached hydrogens (tertiary/aromatic N) is 5. The number of pyridine rings is 1. The number of hydrogen-bond acceptors (Lipinski definition) is 10. The summed E-state index contributed by atoms with van der Waals surface area (Å²) in [6, 6.07) is 6.47. The Hall–Kier alpha value is -3.78. The van der Waals surface area contributed by atoms with Gasteiger partial charge < -0.3 is 29.0 Å². The van der Waals surface area contributed by atoms with Crippen LogP contribution in [0.1, 0.15) is 51.9 Å². The summed E-state index contributed by atoms with van der Waals surface area (Å²) >= 11 is 0. The molecule has 4 aromatic rings. The number of rotatable bonds is 9. The van der Waals surface area contributed by atoms with Gasteiger partial charge in [0.25, 0.3) is 0 Å². The molecule has 0 radical (unpaired) electrons. The molecule has 0 amide bonds. The summed E-state index contributed by atoms with van der Waals surface area (Å²) in [5.74, 6) is -2.45. The van der Waals surface area contributed by atoms with Gasteiger partial charge in [-0.05, 0) is 75.6 Å². The lowest BCUT2D eigenvalue weighted by molar-refractivity contribution is -0.0123. The Labute approximate surface area is 288 Å². The minimum absolute atomic E-state index is 0.00574. The van der Waals surface area contributed by atoms with Crippen LogP contribution in [0.4, 0.5) is 19.0 Å². The van der Waals surface area contributed by atoms with Gasteiger partial charge in [0.1, 0.15) is 28.4 Å². The Morgan fingerprint density at radius 2 is 1.86 bits per heavy atom. The van der Waals surface area contributed by atoms with Crippen LogP contribution >= 0.6 is 0 Å². The molecule has 8 rings (SSSR count). The van der Waals surface area contributed by atoms with Gasteiger partial charge in [0.2, 0.25) is 0 Å². The maximum atomic E-state index is 17.0. The average molecular weight is 694 g/mol. The molecule has 0 spiro atoms. The summed E-state index contributed by atoms with van der Waals surface area (Å²) in [5.41, 5.74) is -1.57. The monoisotopic (exact) mass is 693 g/mol. The first-order chi connectivity index (χ1) is 24.2. The summed E-state index contributed by atoms with van der Waals surface area (Å²) < 4.78 is 69.9. The number of anilines is 1. The van der Waals surface area contributed by atoms with Gasteiger partial charge in [-0.1, -0.05) is 12.5 Å². The van der Waals surface area contributed by atoms with Crippen LogP contribution in [0.2, 0.25) is 0 Å². The fourth-order valence-corrected chi connectivity index (χ4v) is 8.46. The summed E-state index contributed by atoms with van der Waals surface area (Å²) in [6.07, 6.45) is 9.39. The zero-order chi connectivity index (χ0) is 34.6. The van der Waals surface area contributed by atoms with Crippen LogP contribution in [0.15, 0.2) is 30.5 Å². The van der Waals surface area contributed by atoms with Crippen molar-refractivity contribution in [2.45, 2.75) is 69.6 Å². The highest BCUT2D eigenvalue weighted by Gasteiger charge is 2.51. The number of ether oxygens (including phenoxy) is 4. The molecule has 50 heavy (non-hydrogen) atoms. The summed E-state index contributed by atoms with van der Waals surface area (Å²) in [5, 5.41) is 11.5. The highest BCUT2D eigenvalue weighted by atomic mass is 19.2. The second kappa shape index (κ2) is 13.1. The van der Waals surface area contributed by atoms with Crippen molar-refractivity contribution in [1.82, 2.24) is 19.9 Å². The lowest BCUT2D eigenvalue weighted by atomic mass is 9.75. The fraction of sp³-hybridized carbons (Fsp3) is 0.541. The molecule has 2 saturated heterocycles. The van der Waals surface area contributed by atoms with Crippen molar-refractivity contribution in [1.29, 1.82) is 0 Å². The van der Waals surface area contributed by atoms with E-state index in [0.29, 0.717) is 43.0 Å². The van der Waals surface area contributed by atoms with E-state index in [9.17, 15) is 9.50 Å². The third-order valence-electron chi connectivity index (χ3n) is 10.8. The molecule has 0 bridgehead atoms. The van der Waals surface area contributed by atoms with Crippen molar-refractivity contribution in [3.8, 4) is 23.0 Å². The quantitative estimate of drug-likeness (QED) is 0.210. The number of aromatic nitrogens is 3. The van der Waals surface area contributed by atoms with Crippen LogP contribution in [0, 0.1) is 22.9 Å². The molecule has 0 unspecified atom stereocenters. The predicted octanol–water partition coefficient (Wildman–Crippen LogP) is 6.01. The first kappa shape index (κ1) is 33.4. The Morgan fingerprint density at radius 1 is 1.02 bits per heavy atom. The highest BCUT2D eigenvalue weighted by Crippen LogP contribution is 2.51. The molecule has 4 fully saturated rings. The van der Waals surface area contributed by atoms with Crippen molar-refractivity contribution >= 4 is 27.5 Å². The van der Waals surface area contributed by atoms with Crippen LogP contribution in [0.5, 0.6) is 11.8 Å². The minimum atomic E-state index is -1.20. The molecule has 4 aliphatic rings. The number of fused-ring (bicyclic) bond motifs is 3. The van der Waals surface area contributed by atoms with Crippen molar-refractivity contribution in [3.05, 3.63) is 47.9 Å². The lowest BCUT2D eigenvalue weighted by Gasteiger charge is -2.46. The number of aliphatic hydroxyl groups is 1. The van der Waals surface area contributed by atoms with Gasteiger partial charge in [0, 0.05) is 48.3 Å². The molecule has 2 aromatic carbocycles. The van der Waals surface area contributed by atoms with Crippen LogP contribution in [0.3, 0.4) is 0 Å². The zero-order valence-electron chi connectivity index (χ0n) is 28.4. The van der Waals surface area contributed by atoms with Gasteiger partial charge >= 0.3 is 6.01 Å². The number of likely N-dealkylation sites (tertiary alicyclic amines) is 1. The van der Waals surface area contributed by atoms with E-state index in [2.05, 4.69) is 14.9 Å². The molecule has 4 heterocycles. The SMILES string of the molecule is COCOc1cc(-c2ncc3c(N4CCOC[C@@](C)(O)C4)nc(OC[C@]45CCC[C@H]4N(C4CC4)CCC5)nc3c2F)c2c(F)c(F)ccc2c1. The molecule has 2 aromatic heterocycles. The van der Waals surface area contributed by atoms with Crippen LogP contribution < -0.4 is 14.4 Å². The molecule has 2 aliphatic carbocycles. The number of β-amino-alcohol motifs (C(OH)–C–C–N with tert-alkyl or cyclic N) is 1. The molecule has 1 N–H and O–H groups in total. The number of hydrogen-bond donors (Lipinski definition) is 1. The summed E-state index contributed by atoms with van der Waals surface area (Å²) in [7, 11) is 1.46. The molecule has 266 valence electrons. The fourth-order valence-electron chi connectivity index (χ4n) is 8.46. The standard InChI is InChI=1S/C37H42F3N5O5/c1-36(46)18-44(13-14-48-19-36)34-26-17-41-32(25-16-24(50-21-47-2)15-22-6-9-27(38)30(39)29(22)25)31(40)33(26)42-35(43-34)49-20-37-10-3-5-28(37)45(12-4-11-37)23-7-8-23/h6,9,15-17,23,28,46H,3-5,7-8,10-14,18-21H2,1-2H3/t28-,36+,37-/m1/s1. The Bertz CT molecular complexity index is 1930. The normalized spacial score (nSPS) is 26.0. The summed E-state index contributed by atoms with van der Waals surface area (Å²) in [4.78, 5) is 18.4. The third-order valence-corrected chi connectivity index (χ3v) is 10.8. The van der Waals surface area contributed by atoms with Crippen molar-refractivity contribution in [2.75, 3.05) is 58.3 Å². The van der Waals surface area contributed by atoms with E-state index in [0.717, 1.165) is 44.7 Å². The first-order valence-corrected chi connectivity index (χ1v) is 17.5.